The largest absolute Gasteiger partial charge is 0.399 e. The van der Waals surface area contributed by atoms with E-state index in [1.54, 1.807) is 7.11 Å². The van der Waals surface area contributed by atoms with Gasteiger partial charge in [-0.05, 0) is 55.3 Å². The zero-order valence-electron chi connectivity index (χ0n) is 15.1. The van der Waals surface area contributed by atoms with Gasteiger partial charge in [-0.15, -0.1) is 0 Å². The first-order valence-electron chi connectivity index (χ1n) is 9.55. The van der Waals surface area contributed by atoms with Crippen LogP contribution in [0.4, 0.5) is 0 Å². The number of hydrogen-bond acceptors (Lipinski definition) is 4. The molecule has 4 aliphatic carbocycles. The van der Waals surface area contributed by atoms with Crippen molar-refractivity contribution in [3.63, 3.8) is 0 Å². The molecule has 0 heterocycles. The molecule has 0 aromatic rings. The number of ketones is 2. The highest BCUT2D eigenvalue weighted by Gasteiger charge is 2.61. The zero-order valence-corrected chi connectivity index (χ0v) is 15.1. The highest BCUT2D eigenvalue weighted by molar-refractivity contribution is 5.94. The molecule has 0 spiro atoms. The van der Waals surface area contributed by atoms with E-state index in [4.69, 9.17) is 4.84 Å². The number of carbonyl (C=O) groups is 2. The summed E-state index contributed by atoms with van der Waals surface area (Å²) in [5.74, 6) is 2.72. The van der Waals surface area contributed by atoms with Gasteiger partial charge in [0.15, 0.2) is 0 Å². The molecule has 4 fully saturated rings. The Hall–Kier alpha value is -1.19. The molecule has 6 atom stereocenters. The monoisotopic (exact) mass is 331 g/mol. The molecule has 132 valence electrons. The summed E-state index contributed by atoms with van der Waals surface area (Å²) >= 11 is 0. The van der Waals surface area contributed by atoms with Gasteiger partial charge in [0.05, 0.1) is 5.71 Å². The van der Waals surface area contributed by atoms with Crippen LogP contribution < -0.4 is 0 Å². The van der Waals surface area contributed by atoms with Crippen molar-refractivity contribution in [1.29, 1.82) is 0 Å². The molecule has 24 heavy (non-hydrogen) atoms. The van der Waals surface area contributed by atoms with Gasteiger partial charge in [0.1, 0.15) is 18.7 Å². The molecule has 0 aliphatic heterocycles. The second-order valence-electron chi connectivity index (χ2n) is 9.07. The summed E-state index contributed by atoms with van der Waals surface area (Å²) in [5.41, 5.74) is 1.10. The minimum Gasteiger partial charge on any atom is -0.399 e. The molecule has 0 bridgehead atoms. The van der Waals surface area contributed by atoms with E-state index in [2.05, 4.69) is 19.0 Å². The van der Waals surface area contributed by atoms with E-state index >= 15 is 0 Å². The summed E-state index contributed by atoms with van der Waals surface area (Å²) in [6.45, 7) is 4.58. The molecule has 4 aliphatic rings. The van der Waals surface area contributed by atoms with Crippen LogP contribution in [0.5, 0.6) is 0 Å². The lowest BCUT2D eigenvalue weighted by atomic mass is 9.45. The van der Waals surface area contributed by atoms with E-state index in [-0.39, 0.29) is 16.7 Å². The van der Waals surface area contributed by atoms with Crippen LogP contribution in [0.2, 0.25) is 0 Å². The molecule has 0 aromatic carbocycles. The van der Waals surface area contributed by atoms with Crippen molar-refractivity contribution in [2.75, 3.05) is 7.11 Å². The molecule has 1 unspecified atom stereocenters. The first-order valence-corrected chi connectivity index (χ1v) is 9.55. The maximum Gasteiger partial charge on any atom is 0.139 e. The molecule has 4 rings (SSSR count). The standard InChI is InChI=1S/C20H29NO3/c1-19-8-6-12(22)10-16(19)17(21-24-3)11-13-14-4-5-18(23)20(14,2)9-7-15(13)19/h13-16H,4-11H2,1-3H3/t13-,14-,15-,16?,19+,20-/m0/s1. The lowest BCUT2D eigenvalue weighted by Crippen LogP contribution is -2.56. The average molecular weight is 331 g/mol. The maximum atomic E-state index is 12.5. The molecule has 4 nitrogen and oxygen atoms in total. The van der Waals surface area contributed by atoms with Crippen LogP contribution in [-0.2, 0) is 14.4 Å². The summed E-state index contributed by atoms with van der Waals surface area (Å²) in [4.78, 5) is 29.8. The molecule has 0 amide bonds. The molecular weight excluding hydrogens is 302 g/mol. The lowest BCUT2D eigenvalue weighted by Gasteiger charge is -2.59. The first-order chi connectivity index (χ1) is 11.4. The summed E-state index contributed by atoms with van der Waals surface area (Å²) in [7, 11) is 1.60. The topological polar surface area (TPSA) is 55.7 Å². The summed E-state index contributed by atoms with van der Waals surface area (Å²) in [6, 6.07) is 0. The van der Waals surface area contributed by atoms with Crippen LogP contribution in [0.1, 0.15) is 65.2 Å². The van der Waals surface area contributed by atoms with E-state index in [0.717, 1.165) is 44.2 Å². The molecule has 4 saturated carbocycles. The van der Waals surface area contributed by atoms with Gasteiger partial charge in [0, 0.05) is 30.6 Å². The third-order valence-electron chi connectivity index (χ3n) is 8.22. The molecule has 0 radical (unpaired) electrons. The molecular formula is C20H29NO3. The molecule has 0 saturated heterocycles. The average Bonchev–Trinajstić information content (AvgIpc) is 2.85. The molecule has 0 N–H and O–H groups in total. The number of Topliss-reactive ketones (excluding diaryl/α,β-unsaturated/α-hetero) is 2. The summed E-state index contributed by atoms with van der Waals surface area (Å²) in [6.07, 6.45) is 7.17. The Morgan fingerprint density at radius 1 is 1.04 bits per heavy atom. The number of fused-ring (bicyclic) bond motifs is 5. The zero-order chi connectivity index (χ0) is 17.1. The number of rotatable bonds is 1. The van der Waals surface area contributed by atoms with Crippen molar-refractivity contribution >= 4 is 17.3 Å². The fourth-order valence-corrected chi connectivity index (χ4v) is 6.85. The predicted molar refractivity (Wildman–Crippen MR) is 91.6 cm³/mol. The Balaban J connectivity index is 1.74. The third-order valence-corrected chi connectivity index (χ3v) is 8.22. The Labute approximate surface area is 144 Å². The minimum absolute atomic E-state index is 0.118. The van der Waals surface area contributed by atoms with Gasteiger partial charge in [0.2, 0.25) is 0 Å². The van der Waals surface area contributed by atoms with E-state index in [0.29, 0.717) is 42.2 Å². The van der Waals surface area contributed by atoms with Gasteiger partial charge in [-0.2, -0.15) is 0 Å². The highest BCUT2D eigenvalue weighted by Crippen LogP contribution is 2.64. The number of carbonyl (C=O) groups excluding carboxylic acids is 2. The van der Waals surface area contributed by atoms with E-state index < -0.39 is 0 Å². The smallest absolute Gasteiger partial charge is 0.139 e. The molecule has 4 heteroatoms. The maximum absolute atomic E-state index is 12.5. The number of oxime groups is 1. The third kappa shape index (κ3) is 2.07. The van der Waals surface area contributed by atoms with Gasteiger partial charge in [-0.25, -0.2) is 0 Å². The highest BCUT2D eigenvalue weighted by atomic mass is 16.6. The van der Waals surface area contributed by atoms with Crippen molar-refractivity contribution in [3.05, 3.63) is 0 Å². The summed E-state index contributed by atoms with van der Waals surface area (Å²) in [5, 5.41) is 4.37. The Kier molecular flexibility index (Phi) is 3.67. The van der Waals surface area contributed by atoms with Crippen molar-refractivity contribution in [2.24, 2.45) is 39.7 Å². The first kappa shape index (κ1) is 16.3. The lowest BCUT2D eigenvalue weighted by molar-refractivity contribution is -0.136. The van der Waals surface area contributed by atoms with Crippen LogP contribution >= 0.6 is 0 Å². The molecule has 0 aromatic heterocycles. The number of hydrogen-bond donors (Lipinski definition) is 0. The fourth-order valence-electron chi connectivity index (χ4n) is 6.85. The van der Waals surface area contributed by atoms with Gasteiger partial charge in [-0.3, -0.25) is 9.59 Å². The van der Waals surface area contributed by atoms with Gasteiger partial charge < -0.3 is 4.84 Å². The minimum atomic E-state index is -0.118. The number of nitrogens with zero attached hydrogens (tertiary/aromatic N) is 1. The van der Waals surface area contributed by atoms with Crippen LogP contribution in [0.3, 0.4) is 0 Å². The summed E-state index contributed by atoms with van der Waals surface area (Å²) < 4.78 is 0. The Bertz CT molecular complexity index is 612. The Morgan fingerprint density at radius 3 is 2.58 bits per heavy atom. The van der Waals surface area contributed by atoms with Crippen LogP contribution in [-0.4, -0.2) is 24.4 Å². The quantitative estimate of drug-likeness (QED) is 0.687. The van der Waals surface area contributed by atoms with Crippen molar-refractivity contribution in [1.82, 2.24) is 0 Å². The van der Waals surface area contributed by atoms with Crippen LogP contribution in [0, 0.1) is 34.5 Å². The normalized spacial score (nSPS) is 49.5. The second kappa shape index (κ2) is 5.40. The Morgan fingerprint density at radius 2 is 1.83 bits per heavy atom. The van der Waals surface area contributed by atoms with Gasteiger partial charge in [0.25, 0.3) is 0 Å². The van der Waals surface area contributed by atoms with Crippen LogP contribution in [0.15, 0.2) is 5.16 Å². The van der Waals surface area contributed by atoms with Gasteiger partial charge in [-0.1, -0.05) is 19.0 Å². The van der Waals surface area contributed by atoms with E-state index in [1.165, 1.54) is 0 Å². The van der Waals surface area contributed by atoms with Crippen LogP contribution in [0.25, 0.3) is 0 Å². The van der Waals surface area contributed by atoms with E-state index in [1.807, 2.05) is 0 Å². The van der Waals surface area contributed by atoms with Crippen molar-refractivity contribution in [3.8, 4) is 0 Å². The van der Waals surface area contributed by atoms with E-state index in [9.17, 15) is 9.59 Å². The van der Waals surface area contributed by atoms with Crippen molar-refractivity contribution < 1.29 is 14.4 Å². The second-order valence-corrected chi connectivity index (χ2v) is 9.07. The fraction of sp³-hybridized carbons (Fsp3) is 0.850. The van der Waals surface area contributed by atoms with Gasteiger partial charge >= 0.3 is 0 Å². The predicted octanol–water partition coefficient (Wildman–Crippen LogP) is 3.78. The van der Waals surface area contributed by atoms with Crippen molar-refractivity contribution in [2.45, 2.75) is 65.2 Å². The SMILES string of the molecule is CON=C1C[C@@H]2[C@H](CC[C@]3(C)C(=O)CC[C@@H]23)[C@@]2(C)CCC(=O)CC12.